The molecule has 0 aromatic heterocycles. The van der Waals surface area contributed by atoms with Gasteiger partial charge >= 0.3 is 0 Å². The second-order valence-electron chi connectivity index (χ2n) is 11.4. The van der Waals surface area contributed by atoms with Crippen LogP contribution in [0.2, 0.25) is 0 Å². The summed E-state index contributed by atoms with van der Waals surface area (Å²) in [6.07, 6.45) is 20.4. The number of piperidine rings is 2. The van der Waals surface area contributed by atoms with E-state index in [0.29, 0.717) is 17.7 Å². The molecule has 4 heteroatoms. The Morgan fingerprint density at radius 3 is 1.55 bits per heavy atom. The number of hydrogen-bond donors (Lipinski definition) is 1. The van der Waals surface area contributed by atoms with Crippen molar-refractivity contribution in [2.45, 2.75) is 117 Å². The molecular formula is C29H57N3O. The predicted molar refractivity (Wildman–Crippen MR) is 143 cm³/mol. The molecule has 33 heavy (non-hydrogen) atoms. The van der Waals surface area contributed by atoms with E-state index in [-0.39, 0.29) is 5.41 Å². The molecule has 0 spiro atoms. The monoisotopic (exact) mass is 463 g/mol. The quantitative estimate of drug-likeness (QED) is 0.266. The topological polar surface area (TPSA) is 35.6 Å². The molecule has 2 aliphatic heterocycles. The van der Waals surface area contributed by atoms with Gasteiger partial charge in [0.1, 0.15) is 0 Å². The van der Waals surface area contributed by atoms with E-state index < -0.39 is 0 Å². The van der Waals surface area contributed by atoms with Crippen LogP contribution in [-0.2, 0) is 4.79 Å². The fourth-order valence-corrected chi connectivity index (χ4v) is 6.67. The average Bonchev–Trinajstić information content (AvgIpc) is 2.82. The summed E-state index contributed by atoms with van der Waals surface area (Å²) < 4.78 is 0. The molecule has 0 bridgehead atoms. The van der Waals surface area contributed by atoms with Crippen molar-refractivity contribution >= 4 is 5.91 Å². The van der Waals surface area contributed by atoms with Crippen LogP contribution in [-0.4, -0.2) is 62.5 Å². The molecule has 194 valence electrons. The van der Waals surface area contributed by atoms with Gasteiger partial charge in [0.05, 0.1) is 5.41 Å². The summed E-state index contributed by atoms with van der Waals surface area (Å²) in [5.74, 6) is 1.51. The van der Waals surface area contributed by atoms with Crippen molar-refractivity contribution in [2.24, 2.45) is 17.3 Å². The standard InChI is InChI=1S/C29H57N3O/c1-5-7-8-9-10-11-12-13-14-15-21-30-28(33)29(20-6-2,26-16-22-31(3)23-17-26)27-18-24-32(4)25-19-27/h26-27H,5-25H2,1-4H3,(H,30,33). The number of carbonyl (C=O) groups is 1. The van der Waals surface area contributed by atoms with Crippen LogP contribution in [0, 0.1) is 17.3 Å². The van der Waals surface area contributed by atoms with Crippen LogP contribution in [0.3, 0.4) is 0 Å². The van der Waals surface area contributed by atoms with E-state index >= 15 is 0 Å². The second-order valence-corrected chi connectivity index (χ2v) is 11.4. The van der Waals surface area contributed by atoms with Crippen LogP contribution in [0.25, 0.3) is 0 Å². The minimum absolute atomic E-state index is 0.143. The Morgan fingerprint density at radius 1 is 0.697 bits per heavy atom. The Balaban J connectivity index is 1.84. The molecule has 0 unspecified atom stereocenters. The van der Waals surface area contributed by atoms with E-state index in [4.69, 9.17) is 0 Å². The van der Waals surface area contributed by atoms with Gasteiger partial charge in [0.15, 0.2) is 0 Å². The maximum absolute atomic E-state index is 13.9. The van der Waals surface area contributed by atoms with Gasteiger partial charge in [0.2, 0.25) is 5.91 Å². The molecule has 0 radical (unpaired) electrons. The summed E-state index contributed by atoms with van der Waals surface area (Å²) in [4.78, 5) is 18.8. The fraction of sp³-hybridized carbons (Fsp3) is 0.966. The molecule has 0 aromatic rings. The Hall–Kier alpha value is -0.610. The third-order valence-corrected chi connectivity index (χ3v) is 8.80. The van der Waals surface area contributed by atoms with Gasteiger partial charge in [-0.15, -0.1) is 0 Å². The zero-order valence-electron chi connectivity index (χ0n) is 22.8. The van der Waals surface area contributed by atoms with E-state index in [9.17, 15) is 4.79 Å². The highest BCUT2D eigenvalue weighted by Gasteiger charge is 2.50. The van der Waals surface area contributed by atoms with Crippen LogP contribution < -0.4 is 5.32 Å². The zero-order chi connectivity index (χ0) is 23.9. The molecule has 0 aliphatic carbocycles. The van der Waals surface area contributed by atoms with Gasteiger partial charge in [-0.3, -0.25) is 4.79 Å². The van der Waals surface area contributed by atoms with Crippen molar-refractivity contribution in [2.75, 3.05) is 46.8 Å². The molecule has 2 saturated heterocycles. The summed E-state index contributed by atoms with van der Waals surface area (Å²) in [6, 6.07) is 0. The van der Waals surface area contributed by atoms with Gasteiger partial charge in [-0.05, 0) is 90.6 Å². The fourth-order valence-electron chi connectivity index (χ4n) is 6.67. The SMILES string of the molecule is CCCCCCCCCCCCNC(=O)C(CCC)(C1CCN(C)CC1)C1CCN(C)CC1. The highest BCUT2D eigenvalue weighted by Crippen LogP contribution is 2.49. The largest absolute Gasteiger partial charge is 0.356 e. The third-order valence-electron chi connectivity index (χ3n) is 8.80. The minimum Gasteiger partial charge on any atom is -0.356 e. The van der Waals surface area contributed by atoms with E-state index in [0.717, 1.165) is 52.0 Å². The molecule has 1 amide bonds. The predicted octanol–water partition coefficient (Wildman–Crippen LogP) is 6.49. The maximum atomic E-state index is 13.9. The lowest BCUT2D eigenvalue weighted by Crippen LogP contribution is -2.55. The molecule has 4 nitrogen and oxygen atoms in total. The van der Waals surface area contributed by atoms with Crippen LogP contribution >= 0.6 is 0 Å². The van der Waals surface area contributed by atoms with Crippen LogP contribution in [0.5, 0.6) is 0 Å². The highest BCUT2D eigenvalue weighted by atomic mass is 16.2. The van der Waals surface area contributed by atoms with Gasteiger partial charge < -0.3 is 15.1 Å². The number of nitrogens with zero attached hydrogens (tertiary/aromatic N) is 2. The lowest BCUT2D eigenvalue weighted by Gasteiger charge is -2.50. The summed E-state index contributed by atoms with van der Waals surface area (Å²) in [6.45, 7) is 10.0. The maximum Gasteiger partial charge on any atom is 0.226 e. The van der Waals surface area contributed by atoms with Gasteiger partial charge in [0.25, 0.3) is 0 Å². The Kier molecular flexibility index (Phi) is 14.0. The van der Waals surface area contributed by atoms with Crippen LogP contribution in [0.15, 0.2) is 0 Å². The molecule has 2 heterocycles. The van der Waals surface area contributed by atoms with Crippen molar-refractivity contribution in [3.63, 3.8) is 0 Å². The molecular weight excluding hydrogens is 406 g/mol. The van der Waals surface area contributed by atoms with E-state index in [1.54, 1.807) is 0 Å². The van der Waals surface area contributed by atoms with Crippen molar-refractivity contribution < 1.29 is 4.79 Å². The van der Waals surface area contributed by atoms with E-state index in [1.165, 1.54) is 83.5 Å². The normalized spacial score (nSPS) is 19.8. The molecule has 2 rings (SSSR count). The van der Waals surface area contributed by atoms with Gasteiger partial charge in [-0.1, -0.05) is 78.1 Å². The first-order chi connectivity index (χ1) is 16.0. The minimum atomic E-state index is -0.143. The average molecular weight is 464 g/mol. The second kappa shape index (κ2) is 16.1. The lowest BCUT2D eigenvalue weighted by atomic mass is 9.58. The van der Waals surface area contributed by atoms with Crippen molar-refractivity contribution in [3.8, 4) is 0 Å². The third kappa shape index (κ3) is 9.17. The molecule has 1 N–H and O–H groups in total. The van der Waals surface area contributed by atoms with Crippen molar-refractivity contribution in [3.05, 3.63) is 0 Å². The van der Waals surface area contributed by atoms with Crippen LogP contribution in [0.1, 0.15) is 117 Å². The Bertz CT molecular complexity index is 485. The van der Waals surface area contributed by atoms with Crippen LogP contribution in [0.4, 0.5) is 0 Å². The number of nitrogens with one attached hydrogen (secondary N) is 1. The highest BCUT2D eigenvalue weighted by molar-refractivity contribution is 5.83. The van der Waals surface area contributed by atoms with Crippen molar-refractivity contribution in [1.29, 1.82) is 0 Å². The number of hydrogen-bond acceptors (Lipinski definition) is 3. The van der Waals surface area contributed by atoms with Gasteiger partial charge in [-0.2, -0.15) is 0 Å². The summed E-state index contributed by atoms with van der Waals surface area (Å²) >= 11 is 0. The number of amides is 1. The van der Waals surface area contributed by atoms with Gasteiger partial charge in [0, 0.05) is 6.54 Å². The smallest absolute Gasteiger partial charge is 0.226 e. The van der Waals surface area contributed by atoms with Crippen molar-refractivity contribution in [1.82, 2.24) is 15.1 Å². The molecule has 0 atom stereocenters. The number of carbonyl (C=O) groups excluding carboxylic acids is 1. The summed E-state index contributed by atoms with van der Waals surface area (Å²) in [5, 5.41) is 3.48. The number of rotatable bonds is 16. The summed E-state index contributed by atoms with van der Waals surface area (Å²) in [7, 11) is 4.47. The number of unbranched alkanes of at least 4 members (excludes halogenated alkanes) is 9. The first-order valence-electron chi connectivity index (χ1n) is 14.7. The summed E-state index contributed by atoms with van der Waals surface area (Å²) in [5.41, 5.74) is -0.143. The van der Waals surface area contributed by atoms with E-state index in [2.05, 4.69) is 43.1 Å². The Labute approximate surface area is 206 Å². The first kappa shape index (κ1) is 28.6. The van der Waals surface area contributed by atoms with Gasteiger partial charge in [-0.25, -0.2) is 0 Å². The molecule has 0 aromatic carbocycles. The zero-order valence-corrected chi connectivity index (χ0v) is 22.8. The number of likely N-dealkylation sites (tertiary alicyclic amines) is 2. The Morgan fingerprint density at radius 2 is 1.12 bits per heavy atom. The lowest BCUT2D eigenvalue weighted by molar-refractivity contribution is -0.143. The van der Waals surface area contributed by atoms with E-state index in [1.807, 2.05) is 0 Å². The molecule has 0 saturated carbocycles. The molecule has 2 fully saturated rings. The molecule has 2 aliphatic rings. The first-order valence-corrected chi connectivity index (χ1v) is 14.7.